The average molecular weight is 519 g/mol. The van der Waals surface area contributed by atoms with E-state index in [1.807, 2.05) is 46.0 Å². The van der Waals surface area contributed by atoms with Crippen molar-refractivity contribution in [3.63, 3.8) is 0 Å². The van der Waals surface area contributed by atoms with Crippen LogP contribution in [0.5, 0.6) is 0 Å². The molecule has 0 saturated carbocycles. The Morgan fingerprint density at radius 2 is 1.89 bits per heavy atom. The van der Waals surface area contributed by atoms with E-state index in [1.165, 1.54) is 22.7 Å². The van der Waals surface area contributed by atoms with Crippen LogP contribution in [-0.2, 0) is 20.9 Å². The quantitative estimate of drug-likeness (QED) is 0.516. The fourth-order valence-corrected chi connectivity index (χ4v) is 5.42. The van der Waals surface area contributed by atoms with Crippen LogP contribution in [0.2, 0.25) is 0 Å². The number of thioether (sulfide) groups is 1. The predicted octanol–water partition coefficient (Wildman–Crippen LogP) is 3.74. The minimum absolute atomic E-state index is 0.0303. The summed E-state index contributed by atoms with van der Waals surface area (Å²) in [6.45, 7) is 4.18. The van der Waals surface area contributed by atoms with Crippen LogP contribution >= 0.6 is 11.8 Å². The third-order valence-electron chi connectivity index (χ3n) is 6.53. The second-order valence-corrected chi connectivity index (χ2v) is 9.86. The molecule has 0 radical (unpaired) electrons. The number of nitrogens with zero attached hydrogens (tertiary/aromatic N) is 4. The summed E-state index contributed by atoms with van der Waals surface area (Å²) in [5.74, 6) is -1.19. The summed E-state index contributed by atoms with van der Waals surface area (Å²) in [4.78, 5) is 45.8. The largest absolute Gasteiger partial charge is 0.478 e. The summed E-state index contributed by atoms with van der Waals surface area (Å²) < 4.78 is 7.27. The third-order valence-corrected chi connectivity index (χ3v) is 7.59. The lowest BCUT2D eigenvalue weighted by atomic mass is 10.1. The Balaban J connectivity index is 1.45. The molecule has 2 aromatic carbocycles. The Bertz CT molecular complexity index is 1470. The van der Waals surface area contributed by atoms with Crippen LogP contribution in [0.15, 0.2) is 58.6 Å². The van der Waals surface area contributed by atoms with Gasteiger partial charge in [-0.15, -0.1) is 0 Å². The number of hydrogen-bond acceptors (Lipinski definition) is 6. The topological polar surface area (TPSA) is 104 Å². The van der Waals surface area contributed by atoms with Crippen molar-refractivity contribution >= 4 is 57.4 Å². The molecule has 0 unspecified atom stereocenters. The number of hydrogen-bond donors (Lipinski definition) is 1. The van der Waals surface area contributed by atoms with Gasteiger partial charge in [-0.25, -0.2) is 9.79 Å². The maximum absolute atomic E-state index is 13.1. The first-order chi connectivity index (χ1) is 17.8. The highest BCUT2D eigenvalue weighted by atomic mass is 32.2. The molecule has 37 heavy (non-hydrogen) atoms. The van der Waals surface area contributed by atoms with Crippen LogP contribution in [0, 0.1) is 6.92 Å². The molecule has 0 atom stereocenters. The number of aromatic carboxylic acids is 1. The number of amides is 2. The van der Waals surface area contributed by atoms with Crippen molar-refractivity contribution in [3.8, 4) is 0 Å². The van der Waals surface area contributed by atoms with Gasteiger partial charge < -0.3 is 19.3 Å². The monoisotopic (exact) mass is 518 g/mol. The number of para-hydroxylation sites is 1. The number of carbonyl (C=O) groups is 3. The number of aliphatic imine (C=N–C) groups is 1. The van der Waals surface area contributed by atoms with E-state index in [-0.39, 0.29) is 23.9 Å². The number of amidine groups is 1. The number of ether oxygens (including phenoxy) is 1. The van der Waals surface area contributed by atoms with Gasteiger partial charge in [0.05, 0.1) is 29.4 Å². The van der Waals surface area contributed by atoms with Gasteiger partial charge in [0.15, 0.2) is 5.17 Å². The van der Waals surface area contributed by atoms with Crippen LogP contribution in [-0.4, -0.2) is 75.8 Å². The number of benzene rings is 2. The summed E-state index contributed by atoms with van der Waals surface area (Å²) in [5, 5.41) is 10.8. The molecule has 2 amide bonds. The second-order valence-electron chi connectivity index (χ2n) is 8.85. The molecule has 1 N–H and O–H groups in total. The number of rotatable bonds is 5. The number of carboxylic acids is 1. The van der Waals surface area contributed by atoms with E-state index in [4.69, 9.17) is 4.74 Å². The van der Waals surface area contributed by atoms with E-state index >= 15 is 0 Å². The van der Waals surface area contributed by atoms with Crippen molar-refractivity contribution in [2.24, 2.45) is 4.99 Å². The van der Waals surface area contributed by atoms with Crippen LogP contribution in [0.25, 0.3) is 17.0 Å². The molecule has 2 fully saturated rings. The van der Waals surface area contributed by atoms with E-state index in [9.17, 15) is 19.5 Å². The first-order valence-electron chi connectivity index (χ1n) is 11.9. The number of fused-ring (bicyclic) bond motifs is 1. The van der Waals surface area contributed by atoms with Crippen molar-refractivity contribution < 1.29 is 24.2 Å². The highest BCUT2D eigenvalue weighted by Gasteiger charge is 2.31. The normalized spacial score (nSPS) is 18.4. The Kier molecular flexibility index (Phi) is 6.86. The lowest BCUT2D eigenvalue weighted by Crippen LogP contribution is -2.42. The Morgan fingerprint density at radius 1 is 1.14 bits per heavy atom. The molecule has 3 heterocycles. The third kappa shape index (κ3) is 4.90. The Hall–Kier alpha value is -3.89. The summed E-state index contributed by atoms with van der Waals surface area (Å²) in [5.41, 5.74) is 2.96. The first-order valence-corrected chi connectivity index (χ1v) is 12.7. The second kappa shape index (κ2) is 10.2. The van der Waals surface area contributed by atoms with Crippen molar-refractivity contribution in [2.75, 3.05) is 33.4 Å². The lowest BCUT2D eigenvalue weighted by Gasteiger charge is -2.27. The molecule has 9 nitrogen and oxygen atoms in total. The molecule has 190 valence electrons. The van der Waals surface area contributed by atoms with Crippen LogP contribution in [0.1, 0.15) is 21.5 Å². The smallest absolute Gasteiger partial charge is 0.336 e. The van der Waals surface area contributed by atoms with E-state index < -0.39 is 5.97 Å². The number of morpholine rings is 1. The van der Waals surface area contributed by atoms with E-state index in [2.05, 4.69) is 4.99 Å². The molecule has 2 aliphatic heterocycles. The molecular formula is C27H26N4O5S. The predicted molar refractivity (Wildman–Crippen MR) is 143 cm³/mol. The van der Waals surface area contributed by atoms with Gasteiger partial charge in [-0.05, 0) is 48.5 Å². The molecule has 1 aromatic heterocycles. The van der Waals surface area contributed by atoms with Gasteiger partial charge in [-0.2, -0.15) is 0 Å². The molecule has 5 rings (SSSR count). The van der Waals surface area contributed by atoms with Gasteiger partial charge in [0, 0.05) is 42.8 Å². The molecule has 2 saturated heterocycles. The van der Waals surface area contributed by atoms with Gasteiger partial charge >= 0.3 is 5.97 Å². The molecular weight excluding hydrogens is 492 g/mol. The Morgan fingerprint density at radius 3 is 2.65 bits per heavy atom. The molecule has 0 spiro atoms. The summed E-state index contributed by atoms with van der Waals surface area (Å²) in [6, 6.07) is 12.7. The van der Waals surface area contributed by atoms with E-state index in [1.54, 1.807) is 26.1 Å². The fourth-order valence-electron chi connectivity index (χ4n) is 4.45. The van der Waals surface area contributed by atoms with Gasteiger partial charge in [0.2, 0.25) is 5.91 Å². The molecule has 0 bridgehead atoms. The molecule has 3 aromatic rings. The van der Waals surface area contributed by atoms with Crippen molar-refractivity contribution in [2.45, 2.75) is 13.5 Å². The fraction of sp³-hybridized carbons (Fsp3) is 0.259. The summed E-state index contributed by atoms with van der Waals surface area (Å²) in [7, 11) is 1.65. The van der Waals surface area contributed by atoms with Crippen LogP contribution in [0.3, 0.4) is 0 Å². The standard InChI is InChI=1S/C27H26N4O5S/c1-17-19(26(34)35)7-5-8-21(17)28-27-29(2)25(33)23(37-27)14-18-15-31(22-9-4-3-6-20(18)22)16-24(32)30-10-12-36-13-11-30/h3-9,14-15H,10-13,16H2,1-2H3,(H,34,35)/b23-14-,28-27?. The van der Waals surface area contributed by atoms with Crippen molar-refractivity contribution in [1.29, 1.82) is 0 Å². The number of aromatic nitrogens is 1. The molecule has 0 aliphatic carbocycles. The van der Waals surface area contributed by atoms with Gasteiger partial charge in [-0.3, -0.25) is 14.5 Å². The molecule has 10 heteroatoms. The minimum atomic E-state index is -1.02. The summed E-state index contributed by atoms with van der Waals surface area (Å²) >= 11 is 1.24. The van der Waals surface area contributed by atoms with Gasteiger partial charge in [0.25, 0.3) is 5.91 Å². The number of likely N-dealkylation sites (N-methyl/N-ethyl adjacent to an activating group) is 1. The first kappa shape index (κ1) is 24.8. The number of carboxylic acid groups (broad SMARTS) is 1. The highest BCUT2D eigenvalue weighted by Crippen LogP contribution is 2.35. The maximum atomic E-state index is 13.1. The van der Waals surface area contributed by atoms with Gasteiger partial charge in [0.1, 0.15) is 6.54 Å². The zero-order chi connectivity index (χ0) is 26.1. The van der Waals surface area contributed by atoms with Crippen molar-refractivity contribution in [1.82, 2.24) is 14.4 Å². The lowest BCUT2D eigenvalue weighted by molar-refractivity contribution is -0.135. The van der Waals surface area contributed by atoms with Gasteiger partial charge in [-0.1, -0.05) is 24.3 Å². The van der Waals surface area contributed by atoms with Crippen LogP contribution < -0.4 is 0 Å². The van der Waals surface area contributed by atoms with Crippen molar-refractivity contribution in [3.05, 3.63) is 70.3 Å². The van der Waals surface area contributed by atoms with Crippen LogP contribution in [0.4, 0.5) is 5.69 Å². The Labute approximate surface area is 218 Å². The zero-order valence-electron chi connectivity index (χ0n) is 20.5. The highest BCUT2D eigenvalue weighted by molar-refractivity contribution is 8.18. The maximum Gasteiger partial charge on any atom is 0.336 e. The van der Waals surface area contributed by atoms with E-state index in [0.29, 0.717) is 47.6 Å². The van der Waals surface area contributed by atoms with E-state index in [0.717, 1.165) is 16.5 Å². The average Bonchev–Trinajstić information content (AvgIpc) is 3.37. The number of carbonyl (C=O) groups excluding carboxylic acids is 2. The molecule has 2 aliphatic rings. The summed E-state index contributed by atoms with van der Waals surface area (Å²) in [6.07, 6.45) is 3.73. The zero-order valence-corrected chi connectivity index (χ0v) is 21.3. The minimum Gasteiger partial charge on any atom is -0.478 e. The SMILES string of the molecule is Cc1c(N=C2S/C(=C\c3cn(CC(=O)N4CCOCC4)c4ccccc34)C(=O)N2C)cccc1C(=O)O.